The molecule has 0 radical (unpaired) electrons. The van der Waals surface area contributed by atoms with Crippen molar-refractivity contribution in [3.05, 3.63) is 40.9 Å². The van der Waals surface area contributed by atoms with Crippen LogP contribution in [0, 0.1) is 6.92 Å². The van der Waals surface area contributed by atoms with Crippen molar-refractivity contribution in [3.8, 4) is 5.75 Å². The second-order valence-corrected chi connectivity index (χ2v) is 4.79. The number of halogens is 1. The van der Waals surface area contributed by atoms with Crippen molar-refractivity contribution < 1.29 is 9.53 Å². The molecule has 1 atom stereocenters. The topological polar surface area (TPSA) is 79.9 Å². The molecular formula is C13H15ClN4O2. The van der Waals surface area contributed by atoms with Crippen LogP contribution in [0.5, 0.6) is 5.75 Å². The fourth-order valence-corrected chi connectivity index (χ4v) is 1.92. The van der Waals surface area contributed by atoms with Crippen LogP contribution < -0.4 is 10.1 Å². The van der Waals surface area contributed by atoms with Gasteiger partial charge in [-0.05, 0) is 37.6 Å². The quantitative estimate of drug-likeness (QED) is 0.884. The van der Waals surface area contributed by atoms with E-state index < -0.39 is 0 Å². The highest BCUT2D eigenvalue weighted by atomic mass is 35.5. The third-order valence-corrected chi connectivity index (χ3v) is 2.95. The molecule has 1 aromatic heterocycles. The van der Waals surface area contributed by atoms with Crippen molar-refractivity contribution in [2.75, 3.05) is 6.61 Å². The summed E-state index contributed by atoms with van der Waals surface area (Å²) < 4.78 is 5.45. The molecule has 2 N–H and O–H groups in total. The summed E-state index contributed by atoms with van der Waals surface area (Å²) in [5, 5.41) is 9.83. The molecule has 0 saturated heterocycles. The predicted octanol–water partition coefficient (Wildman–Crippen LogP) is 2.02. The molecule has 1 aromatic carbocycles. The van der Waals surface area contributed by atoms with Gasteiger partial charge in [0.1, 0.15) is 17.9 Å². The van der Waals surface area contributed by atoms with Gasteiger partial charge in [-0.15, -0.1) is 0 Å². The second-order valence-electron chi connectivity index (χ2n) is 4.36. The van der Waals surface area contributed by atoms with E-state index in [4.69, 9.17) is 16.3 Å². The minimum atomic E-state index is -0.250. The lowest BCUT2D eigenvalue weighted by atomic mass is 10.2. The zero-order valence-corrected chi connectivity index (χ0v) is 11.9. The van der Waals surface area contributed by atoms with Crippen LogP contribution in [0.25, 0.3) is 0 Å². The van der Waals surface area contributed by atoms with E-state index in [2.05, 4.69) is 20.5 Å². The van der Waals surface area contributed by atoms with E-state index in [9.17, 15) is 4.79 Å². The number of carbonyl (C=O) groups excluding carboxylic acids is 1. The van der Waals surface area contributed by atoms with E-state index in [1.807, 2.05) is 13.8 Å². The largest absolute Gasteiger partial charge is 0.484 e. The van der Waals surface area contributed by atoms with Gasteiger partial charge < -0.3 is 10.1 Å². The summed E-state index contributed by atoms with van der Waals surface area (Å²) in [7, 11) is 0. The van der Waals surface area contributed by atoms with Gasteiger partial charge >= 0.3 is 0 Å². The summed E-state index contributed by atoms with van der Waals surface area (Å²) >= 11 is 5.85. The average molecular weight is 295 g/mol. The summed E-state index contributed by atoms with van der Waals surface area (Å²) in [6.07, 6.45) is 1.39. The molecule has 0 aliphatic carbocycles. The zero-order chi connectivity index (χ0) is 14.5. The number of carbonyl (C=O) groups is 1. The van der Waals surface area contributed by atoms with Crippen LogP contribution >= 0.6 is 11.6 Å². The fourth-order valence-electron chi connectivity index (χ4n) is 1.69. The number of nitrogens with one attached hydrogen (secondary N) is 2. The number of amides is 1. The van der Waals surface area contributed by atoms with Crippen molar-refractivity contribution in [2.45, 2.75) is 19.9 Å². The van der Waals surface area contributed by atoms with E-state index in [-0.39, 0.29) is 18.6 Å². The number of benzene rings is 1. The van der Waals surface area contributed by atoms with Crippen molar-refractivity contribution in [1.82, 2.24) is 20.5 Å². The van der Waals surface area contributed by atoms with Crippen LogP contribution in [0.4, 0.5) is 0 Å². The van der Waals surface area contributed by atoms with Crippen molar-refractivity contribution >= 4 is 17.5 Å². The standard InChI is InChI=1S/C13H15ClN4O2/c1-8-5-10(14)3-4-11(8)20-6-12(19)17-9(2)13-15-7-16-18-13/h3-5,7,9H,6H2,1-2H3,(H,17,19)(H,15,16,18). The number of rotatable bonds is 5. The molecule has 0 saturated carbocycles. The molecule has 1 heterocycles. The van der Waals surface area contributed by atoms with E-state index in [0.29, 0.717) is 16.6 Å². The van der Waals surface area contributed by atoms with Gasteiger partial charge in [-0.1, -0.05) is 11.6 Å². The number of aromatic nitrogens is 3. The highest BCUT2D eigenvalue weighted by Gasteiger charge is 2.12. The van der Waals surface area contributed by atoms with E-state index in [1.165, 1.54) is 6.33 Å². The third kappa shape index (κ3) is 3.71. The molecule has 106 valence electrons. The lowest BCUT2D eigenvalue weighted by Gasteiger charge is -2.12. The Bertz CT molecular complexity index is 586. The molecule has 6 nitrogen and oxygen atoms in total. The molecule has 0 bridgehead atoms. The lowest BCUT2D eigenvalue weighted by Crippen LogP contribution is -2.31. The molecular weight excluding hydrogens is 280 g/mol. The van der Waals surface area contributed by atoms with Crippen molar-refractivity contribution in [1.29, 1.82) is 0 Å². The molecule has 1 unspecified atom stereocenters. The van der Waals surface area contributed by atoms with Crippen LogP contribution in [0.3, 0.4) is 0 Å². The molecule has 1 amide bonds. The number of aryl methyl sites for hydroxylation is 1. The van der Waals surface area contributed by atoms with Gasteiger partial charge in [-0.2, -0.15) is 5.10 Å². The highest BCUT2D eigenvalue weighted by Crippen LogP contribution is 2.21. The first-order valence-electron chi connectivity index (χ1n) is 6.10. The Morgan fingerprint density at radius 3 is 3.00 bits per heavy atom. The maximum absolute atomic E-state index is 11.8. The average Bonchev–Trinajstić information content (AvgIpc) is 2.91. The van der Waals surface area contributed by atoms with Gasteiger partial charge in [-0.25, -0.2) is 4.98 Å². The first-order valence-corrected chi connectivity index (χ1v) is 6.47. The second kappa shape index (κ2) is 6.38. The van der Waals surface area contributed by atoms with Crippen LogP contribution in [-0.4, -0.2) is 27.7 Å². The SMILES string of the molecule is Cc1cc(Cl)ccc1OCC(=O)NC(C)c1ncn[nH]1. The van der Waals surface area contributed by atoms with E-state index >= 15 is 0 Å². The summed E-state index contributed by atoms with van der Waals surface area (Å²) in [5.41, 5.74) is 0.883. The summed E-state index contributed by atoms with van der Waals surface area (Å²) in [4.78, 5) is 15.8. The molecule has 7 heteroatoms. The summed E-state index contributed by atoms with van der Waals surface area (Å²) in [5.74, 6) is 1.00. The predicted molar refractivity (Wildman–Crippen MR) is 74.6 cm³/mol. The van der Waals surface area contributed by atoms with Crippen molar-refractivity contribution in [3.63, 3.8) is 0 Å². The van der Waals surface area contributed by atoms with Gasteiger partial charge in [0.15, 0.2) is 6.61 Å². The molecule has 0 aliphatic rings. The van der Waals surface area contributed by atoms with Crippen LogP contribution in [0.1, 0.15) is 24.4 Å². The van der Waals surface area contributed by atoms with Crippen LogP contribution in [0.15, 0.2) is 24.5 Å². The smallest absolute Gasteiger partial charge is 0.258 e. The molecule has 2 aromatic rings. The Hall–Kier alpha value is -2.08. The van der Waals surface area contributed by atoms with Gasteiger partial charge in [0.2, 0.25) is 0 Å². The lowest BCUT2D eigenvalue weighted by molar-refractivity contribution is -0.123. The number of H-pyrrole nitrogens is 1. The minimum Gasteiger partial charge on any atom is -0.484 e. The molecule has 2 rings (SSSR count). The fraction of sp³-hybridized carbons (Fsp3) is 0.308. The number of ether oxygens (including phenoxy) is 1. The number of nitrogens with zero attached hydrogens (tertiary/aromatic N) is 2. The Morgan fingerprint density at radius 1 is 1.55 bits per heavy atom. The minimum absolute atomic E-state index is 0.0685. The molecule has 20 heavy (non-hydrogen) atoms. The Morgan fingerprint density at radius 2 is 2.35 bits per heavy atom. The van der Waals surface area contributed by atoms with Gasteiger partial charge in [0, 0.05) is 5.02 Å². The summed E-state index contributed by atoms with van der Waals surface area (Å²) in [6, 6.07) is 5.00. The van der Waals surface area contributed by atoms with Crippen LogP contribution in [-0.2, 0) is 4.79 Å². The van der Waals surface area contributed by atoms with Crippen LogP contribution in [0.2, 0.25) is 5.02 Å². The normalized spacial score (nSPS) is 11.9. The number of hydrogen-bond acceptors (Lipinski definition) is 4. The zero-order valence-electron chi connectivity index (χ0n) is 11.2. The highest BCUT2D eigenvalue weighted by molar-refractivity contribution is 6.30. The van der Waals surface area contributed by atoms with Gasteiger partial charge in [-0.3, -0.25) is 9.89 Å². The number of hydrogen-bond donors (Lipinski definition) is 2. The molecule has 0 spiro atoms. The Kier molecular flexibility index (Phi) is 4.57. The van der Waals surface area contributed by atoms with Gasteiger partial charge in [0.05, 0.1) is 6.04 Å². The van der Waals surface area contributed by atoms with E-state index in [0.717, 1.165) is 5.56 Å². The van der Waals surface area contributed by atoms with Crippen molar-refractivity contribution in [2.24, 2.45) is 0 Å². The maximum atomic E-state index is 11.8. The first-order chi connectivity index (χ1) is 9.56. The monoisotopic (exact) mass is 294 g/mol. The third-order valence-electron chi connectivity index (χ3n) is 2.72. The molecule has 0 fully saturated rings. The molecule has 0 aliphatic heterocycles. The number of aromatic amines is 1. The first kappa shape index (κ1) is 14.3. The van der Waals surface area contributed by atoms with Gasteiger partial charge in [0.25, 0.3) is 5.91 Å². The Balaban J connectivity index is 1.86. The summed E-state index contributed by atoms with van der Waals surface area (Å²) in [6.45, 7) is 3.61. The van der Waals surface area contributed by atoms with E-state index in [1.54, 1.807) is 18.2 Å². The Labute approximate surface area is 121 Å². The maximum Gasteiger partial charge on any atom is 0.258 e.